The van der Waals surface area contributed by atoms with E-state index >= 15 is 0 Å². The van der Waals surface area contributed by atoms with Crippen LogP contribution in [0.5, 0.6) is 0 Å². The molecule has 1 atom stereocenters. The second-order valence-electron chi connectivity index (χ2n) is 8.78. The molecule has 1 aliphatic rings. The van der Waals surface area contributed by atoms with Crippen molar-refractivity contribution < 1.29 is 5.11 Å². The quantitative estimate of drug-likeness (QED) is 0.727. The fraction of sp³-hybridized carbons (Fsp3) is 0.500. The standard InChI is InChI=1S/C20H25ClN6O/c1-19(2,3)18-22-16-15(17(23-18)26-10-9-20(4,28)12-26)24-27(25-16)11-13-7-5-6-8-14(13)21/h5-8,28H,9-12H2,1-4H3/t20-/m1/s1. The zero-order chi connectivity index (χ0) is 20.1. The van der Waals surface area contributed by atoms with Gasteiger partial charge in [-0.25, -0.2) is 9.97 Å². The topological polar surface area (TPSA) is 80.0 Å². The number of nitrogens with zero attached hydrogens (tertiary/aromatic N) is 6. The first-order chi connectivity index (χ1) is 13.1. The van der Waals surface area contributed by atoms with Crippen LogP contribution < -0.4 is 4.90 Å². The minimum atomic E-state index is -0.729. The van der Waals surface area contributed by atoms with E-state index in [0.717, 1.165) is 17.9 Å². The predicted octanol–water partition coefficient (Wildman–Crippen LogP) is 3.18. The average molecular weight is 401 g/mol. The summed E-state index contributed by atoms with van der Waals surface area (Å²) < 4.78 is 0. The Kier molecular flexibility index (Phi) is 4.55. The maximum Gasteiger partial charge on any atom is 0.207 e. The molecule has 0 bridgehead atoms. The zero-order valence-corrected chi connectivity index (χ0v) is 17.4. The Balaban J connectivity index is 1.80. The van der Waals surface area contributed by atoms with Crippen LogP contribution in [0.25, 0.3) is 11.2 Å². The SMILES string of the molecule is CC(C)(C)c1nc(N2CC[C@@](C)(O)C2)c2nn(Cc3ccccc3Cl)nc2n1. The Hall–Kier alpha value is -2.25. The van der Waals surface area contributed by atoms with Crippen molar-refractivity contribution in [3.8, 4) is 0 Å². The number of aliphatic hydroxyl groups is 1. The van der Waals surface area contributed by atoms with Crippen LogP contribution >= 0.6 is 11.6 Å². The lowest BCUT2D eigenvalue weighted by Gasteiger charge is -2.22. The van der Waals surface area contributed by atoms with Gasteiger partial charge in [0.15, 0.2) is 11.3 Å². The summed E-state index contributed by atoms with van der Waals surface area (Å²) in [4.78, 5) is 13.2. The normalized spacial score (nSPS) is 20.3. The lowest BCUT2D eigenvalue weighted by molar-refractivity contribution is 0.0839. The fourth-order valence-corrected chi connectivity index (χ4v) is 3.56. The highest BCUT2D eigenvalue weighted by molar-refractivity contribution is 6.31. The maximum absolute atomic E-state index is 10.4. The monoisotopic (exact) mass is 400 g/mol. The van der Waals surface area contributed by atoms with Gasteiger partial charge in [0.1, 0.15) is 5.82 Å². The van der Waals surface area contributed by atoms with E-state index in [1.54, 1.807) is 4.80 Å². The number of halogens is 1. The minimum Gasteiger partial charge on any atom is -0.388 e. The summed E-state index contributed by atoms with van der Waals surface area (Å²) in [6.07, 6.45) is 0.692. The van der Waals surface area contributed by atoms with Crippen molar-refractivity contribution in [1.29, 1.82) is 0 Å². The highest BCUT2D eigenvalue weighted by Crippen LogP contribution is 2.31. The molecule has 1 aromatic carbocycles. The summed E-state index contributed by atoms with van der Waals surface area (Å²) in [5.41, 5.74) is 1.20. The Bertz CT molecular complexity index is 1020. The molecule has 28 heavy (non-hydrogen) atoms. The molecule has 1 fully saturated rings. The Morgan fingerprint density at radius 2 is 1.93 bits per heavy atom. The van der Waals surface area contributed by atoms with E-state index in [1.165, 1.54) is 0 Å². The lowest BCUT2D eigenvalue weighted by Crippen LogP contribution is -2.31. The summed E-state index contributed by atoms with van der Waals surface area (Å²) in [6.45, 7) is 9.77. The molecule has 7 nitrogen and oxygen atoms in total. The minimum absolute atomic E-state index is 0.225. The molecule has 0 saturated carbocycles. The molecule has 3 aromatic rings. The van der Waals surface area contributed by atoms with Crippen molar-refractivity contribution in [3.63, 3.8) is 0 Å². The fourth-order valence-electron chi connectivity index (χ4n) is 3.37. The number of β-amino-alcohol motifs (C(OH)–C–C–N with tert-alkyl or cyclic N) is 1. The molecular weight excluding hydrogens is 376 g/mol. The van der Waals surface area contributed by atoms with Crippen molar-refractivity contribution in [1.82, 2.24) is 25.0 Å². The Morgan fingerprint density at radius 3 is 2.57 bits per heavy atom. The van der Waals surface area contributed by atoms with Crippen LogP contribution in [0.2, 0.25) is 5.02 Å². The Labute approximate surface area is 169 Å². The largest absolute Gasteiger partial charge is 0.388 e. The number of aromatic nitrogens is 5. The number of fused-ring (bicyclic) bond motifs is 1. The van der Waals surface area contributed by atoms with Crippen molar-refractivity contribution in [2.75, 3.05) is 18.0 Å². The van der Waals surface area contributed by atoms with E-state index in [0.29, 0.717) is 41.5 Å². The van der Waals surface area contributed by atoms with Gasteiger partial charge < -0.3 is 10.0 Å². The van der Waals surface area contributed by atoms with Crippen molar-refractivity contribution in [3.05, 3.63) is 40.7 Å². The van der Waals surface area contributed by atoms with E-state index < -0.39 is 5.60 Å². The van der Waals surface area contributed by atoms with Crippen LogP contribution in [-0.2, 0) is 12.0 Å². The van der Waals surface area contributed by atoms with Crippen molar-refractivity contribution in [2.45, 2.75) is 51.7 Å². The van der Waals surface area contributed by atoms with Crippen LogP contribution in [0.3, 0.4) is 0 Å². The van der Waals surface area contributed by atoms with Crippen molar-refractivity contribution in [2.24, 2.45) is 0 Å². The summed E-state index contributed by atoms with van der Waals surface area (Å²) in [5, 5.41) is 20.4. The van der Waals surface area contributed by atoms with Crippen LogP contribution in [0.1, 0.15) is 45.5 Å². The van der Waals surface area contributed by atoms with Crippen LogP contribution in [0.15, 0.2) is 24.3 Å². The zero-order valence-electron chi connectivity index (χ0n) is 16.6. The number of anilines is 1. The summed E-state index contributed by atoms with van der Waals surface area (Å²) >= 11 is 6.29. The molecule has 8 heteroatoms. The second-order valence-corrected chi connectivity index (χ2v) is 9.19. The molecule has 1 N–H and O–H groups in total. The smallest absolute Gasteiger partial charge is 0.207 e. The number of hydrogen-bond acceptors (Lipinski definition) is 6. The molecule has 148 valence electrons. The van der Waals surface area contributed by atoms with Gasteiger partial charge in [0, 0.05) is 23.5 Å². The molecule has 0 radical (unpaired) electrons. The molecule has 2 aromatic heterocycles. The summed E-state index contributed by atoms with van der Waals surface area (Å²) in [6, 6.07) is 7.66. The van der Waals surface area contributed by atoms with Gasteiger partial charge in [-0.05, 0) is 25.0 Å². The molecule has 0 amide bonds. The molecule has 0 spiro atoms. The first-order valence-corrected chi connectivity index (χ1v) is 9.84. The number of benzene rings is 1. The Morgan fingerprint density at radius 1 is 1.18 bits per heavy atom. The highest BCUT2D eigenvalue weighted by Gasteiger charge is 2.34. The van der Waals surface area contributed by atoms with Crippen molar-refractivity contribution >= 4 is 28.6 Å². The van der Waals surface area contributed by atoms with E-state index in [9.17, 15) is 5.11 Å². The third kappa shape index (κ3) is 3.69. The molecule has 3 heterocycles. The predicted molar refractivity (Wildman–Crippen MR) is 110 cm³/mol. The van der Waals surface area contributed by atoms with Crippen LogP contribution in [0, 0.1) is 0 Å². The van der Waals surface area contributed by atoms with E-state index in [4.69, 9.17) is 16.6 Å². The van der Waals surface area contributed by atoms with Gasteiger partial charge in [-0.3, -0.25) is 0 Å². The molecule has 4 rings (SSSR count). The van der Waals surface area contributed by atoms with E-state index in [2.05, 4.69) is 40.9 Å². The second kappa shape index (κ2) is 6.67. The van der Waals surface area contributed by atoms with E-state index in [-0.39, 0.29) is 5.41 Å². The molecule has 0 unspecified atom stereocenters. The van der Waals surface area contributed by atoms with E-state index in [1.807, 2.05) is 31.2 Å². The van der Waals surface area contributed by atoms with Gasteiger partial charge in [-0.1, -0.05) is 50.6 Å². The molecule has 1 aliphatic heterocycles. The van der Waals surface area contributed by atoms with Gasteiger partial charge in [-0.15, -0.1) is 10.2 Å². The third-order valence-electron chi connectivity index (χ3n) is 4.96. The molecule has 0 aliphatic carbocycles. The molecule has 1 saturated heterocycles. The first-order valence-electron chi connectivity index (χ1n) is 9.46. The van der Waals surface area contributed by atoms with Gasteiger partial charge in [-0.2, -0.15) is 4.80 Å². The van der Waals surface area contributed by atoms with Crippen LogP contribution in [-0.4, -0.2) is 48.8 Å². The van der Waals surface area contributed by atoms with Gasteiger partial charge in [0.2, 0.25) is 5.65 Å². The van der Waals surface area contributed by atoms with Gasteiger partial charge >= 0.3 is 0 Å². The number of rotatable bonds is 3. The first kappa shape index (κ1) is 19.1. The molecular formula is C20H25ClN6O. The van der Waals surface area contributed by atoms with Gasteiger partial charge in [0.05, 0.1) is 12.1 Å². The lowest BCUT2D eigenvalue weighted by atomic mass is 9.96. The summed E-state index contributed by atoms with van der Waals surface area (Å²) in [5.74, 6) is 1.45. The van der Waals surface area contributed by atoms with Crippen LogP contribution in [0.4, 0.5) is 5.82 Å². The average Bonchev–Trinajstić information content (AvgIpc) is 3.17. The maximum atomic E-state index is 10.4. The summed E-state index contributed by atoms with van der Waals surface area (Å²) in [7, 11) is 0. The third-order valence-corrected chi connectivity index (χ3v) is 5.33. The van der Waals surface area contributed by atoms with Gasteiger partial charge in [0.25, 0.3) is 0 Å². The highest BCUT2D eigenvalue weighted by atomic mass is 35.5. The number of hydrogen-bond donors (Lipinski definition) is 1.